The van der Waals surface area contributed by atoms with Crippen LogP contribution in [0, 0.1) is 13.8 Å². The Morgan fingerprint density at radius 3 is 1.38 bits per heavy atom. The summed E-state index contributed by atoms with van der Waals surface area (Å²) in [6.07, 6.45) is 6.39. The van der Waals surface area contributed by atoms with Crippen LogP contribution in [0.2, 0.25) is 0 Å². The van der Waals surface area contributed by atoms with Crippen molar-refractivity contribution in [3.63, 3.8) is 0 Å². The van der Waals surface area contributed by atoms with Crippen LogP contribution in [-0.4, -0.2) is 11.6 Å². The van der Waals surface area contributed by atoms with Gasteiger partial charge < -0.3 is 4.42 Å². The molecule has 0 saturated heterocycles. The molecule has 0 bridgehead atoms. The molecule has 0 amide bonds. The topological polar surface area (TPSA) is 47.3 Å². The standard InChI is InChI=1S/C24H18Br2O3/c1-15-23(21(27)13-7-17-3-9-19(25)10-4-17)24(16(2)29-15)22(28)14-8-18-5-11-20(26)12-6-18/h3-14H,1-2H3/b13-7+,14-8+. The van der Waals surface area contributed by atoms with E-state index in [1.165, 1.54) is 12.2 Å². The summed E-state index contributed by atoms with van der Waals surface area (Å²) in [6.45, 7) is 3.39. The van der Waals surface area contributed by atoms with Crippen LogP contribution in [0.1, 0.15) is 43.4 Å². The summed E-state index contributed by atoms with van der Waals surface area (Å²) in [5.41, 5.74) is 2.40. The minimum Gasteiger partial charge on any atom is -0.465 e. The van der Waals surface area contributed by atoms with Crippen molar-refractivity contribution in [3.8, 4) is 0 Å². The van der Waals surface area contributed by atoms with E-state index in [4.69, 9.17) is 4.42 Å². The first-order chi connectivity index (χ1) is 13.8. The van der Waals surface area contributed by atoms with Gasteiger partial charge in [-0.2, -0.15) is 0 Å². The number of ketones is 2. The number of rotatable bonds is 6. The summed E-state index contributed by atoms with van der Waals surface area (Å²) in [5.74, 6) is 0.354. The van der Waals surface area contributed by atoms with E-state index in [2.05, 4.69) is 31.9 Å². The second kappa shape index (κ2) is 9.33. The second-order valence-corrected chi connectivity index (χ2v) is 8.29. The van der Waals surface area contributed by atoms with Gasteiger partial charge in [0, 0.05) is 8.95 Å². The summed E-state index contributed by atoms with van der Waals surface area (Å²) in [7, 11) is 0. The fourth-order valence-corrected chi connectivity index (χ4v) is 3.46. The first kappa shape index (κ1) is 21.2. The molecule has 29 heavy (non-hydrogen) atoms. The van der Waals surface area contributed by atoms with Crippen LogP contribution in [0.25, 0.3) is 12.2 Å². The highest BCUT2D eigenvalue weighted by atomic mass is 79.9. The lowest BCUT2D eigenvalue weighted by Crippen LogP contribution is -2.05. The molecule has 3 aromatic rings. The van der Waals surface area contributed by atoms with Crippen LogP contribution in [-0.2, 0) is 0 Å². The van der Waals surface area contributed by atoms with Crippen molar-refractivity contribution < 1.29 is 14.0 Å². The molecule has 146 valence electrons. The van der Waals surface area contributed by atoms with E-state index in [9.17, 15) is 9.59 Å². The van der Waals surface area contributed by atoms with E-state index in [0.29, 0.717) is 22.6 Å². The summed E-state index contributed by atoms with van der Waals surface area (Å²) in [4.78, 5) is 25.6. The Morgan fingerprint density at radius 2 is 1.03 bits per heavy atom. The lowest BCUT2D eigenvalue weighted by atomic mass is 9.99. The summed E-state index contributed by atoms with van der Waals surface area (Å²) >= 11 is 6.77. The smallest absolute Gasteiger partial charge is 0.190 e. The molecular formula is C24H18Br2O3. The fourth-order valence-electron chi connectivity index (χ4n) is 2.94. The van der Waals surface area contributed by atoms with E-state index in [0.717, 1.165) is 20.1 Å². The Morgan fingerprint density at radius 1 is 0.690 bits per heavy atom. The van der Waals surface area contributed by atoms with Crippen molar-refractivity contribution in [2.24, 2.45) is 0 Å². The lowest BCUT2D eigenvalue weighted by Gasteiger charge is -1.99. The predicted molar refractivity (Wildman–Crippen MR) is 123 cm³/mol. The molecule has 0 unspecified atom stereocenters. The SMILES string of the molecule is Cc1oc(C)c(C(=O)/C=C/c2ccc(Br)cc2)c1C(=O)/C=C/c1ccc(Br)cc1. The number of hydrogen-bond donors (Lipinski definition) is 0. The van der Waals surface area contributed by atoms with Gasteiger partial charge >= 0.3 is 0 Å². The van der Waals surface area contributed by atoms with E-state index >= 15 is 0 Å². The van der Waals surface area contributed by atoms with Crippen molar-refractivity contribution in [1.82, 2.24) is 0 Å². The maximum absolute atomic E-state index is 12.8. The zero-order valence-electron chi connectivity index (χ0n) is 15.9. The van der Waals surface area contributed by atoms with Gasteiger partial charge in [0.05, 0.1) is 11.1 Å². The number of carbonyl (C=O) groups is 2. The Kier molecular flexibility index (Phi) is 6.83. The predicted octanol–water partition coefficient (Wildman–Crippen LogP) is 7.21. The largest absolute Gasteiger partial charge is 0.465 e. The first-order valence-electron chi connectivity index (χ1n) is 8.91. The van der Waals surface area contributed by atoms with Gasteiger partial charge in [-0.3, -0.25) is 9.59 Å². The summed E-state index contributed by atoms with van der Waals surface area (Å²) < 4.78 is 7.53. The summed E-state index contributed by atoms with van der Waals surface area (Å²) in [5, 5.41) is 0. The maximum atomic E-state index is 12.8. The van der Waals surface area contributed by atoms with Gasteiger partial charge in [0.25, 0.3) is 0 Å². The van der Waals surface area contributed by atoms with Crippen LogP contribution >= 0.6 is 31.9 Å². The molecule has 0 atom stereocenters. The number of hydrogen-bond acceptors (Lipinski definition) is 3. The van der Waals surface area contributed by atoms with Crippen LogP contribution in [0.5, 0.6) is 0 Å². The van der Waals surface area contributed by atoms with Gasteiger partial charge in [0.2, 0.25) is 0 Å². The van der Waals surface area contributed by atoms with Crippen molar-refractivity contribution in [1.29, 1.82) is 0 Å². The Hall–Kier alpha value is -2.50. The minimum absolute atomic E-state index is 0.261. The van der Waals surface area contributed by atoms with Gasteiger partial charge in [-0.25, -0.2) is 0 Å². The van der Waals surface area contributed by atoms with Crippen LogP contribution in [0.4, 0.5) is 0 Å². The molecule has 0 N–H and O–H groups in total. The zero-order chi connectivity index (χ0) is 21.0. The molecule has 2 aromatic carbocycles. The molecule has 5 heteroatoms. The van der Waals surface area contributed by atoms with E-state index in [-0.39, 0.29) is 11.6 Å². The number of benzene rings is 2. The normalized spacial score (nSPS) is 11.4. The molecule has 3 nitrogen and oxygen atoms in total. The van der Waals surface area contributed by atoms with Crippen molar-refractivity contribution >= 4 is 55.6 Å². The van der Waals surface area contributed by atoms with Gasteiger partial charge in [0.15, 0.2) is 11.6 Å². The average Bonchev–Trinajstić information content (AvgIpc) is 3.00. The van der Waals surface area contributed by atoms with Gasteiger partial charge in [-0.1, -0.05) is 68.3 Å². The molecule has 0 spiro atoms. The van der Waals surface area contributed by atoms with Gasteiger partial charge in [-0.15, -0.1) is 0 Å². The van der Waals surface area contributed by atoms with Crippen LogP contribution < -0.4 is 0 Å². The quantitative estimate of drug-likeness (QED) is 0.258. The monoisotopic (exact) mass is 512 g/mol. The molecular weight excluding hydrogens is 496 g/mol. The van der Waals surface area contributed by atoms with Crippen LogP contribution in [0.3, 0.4) is 0 Å². The Balaban J connectivity index is 1.86. The number of allylic oxidation sites excluding steroid dienone is 2. The molecule has 3 rings (SSSR count). The third-order valence-corrected chi connectivity index (χ3v) is 5.40. The molecule has 0 radical (unpaired) electrons. The first-order valence-corrected chi connectivity index (χ1v) is 10.5. The number of halogens is 2. The van der Waals surface area contributed by atoms with Crippen molar-refractivity contribution in [3.05, 3.63) is 103 Å². The number of furan rings is 1. The van der Waals surface area contributed by atoms with Crippen LogP contribution in [0.15, 0.2) is 74.0 Å². The van der Waals surface area contributed by atoms with E-state index < -0.39 is 0 Å². The number of aryl methyl sites for hydroxylation is 2. The van der Waals surface area contributed by atoms with Crippen molar-refractivity contribution in [2.45, 2.75) is 13.8 Å². The van der Waals surface area contributed by atoms with Crippen molar-refractivity contribution in [2.75, 3.05) is 0 Å². The molecule has 1 heterocycles. The van der Waals surface area contributed by atoms with E-state index in [1.807, 2.05) is 48.5 Å². The Labute approximate surface area is 186 Å². The fraction of sp³-hybridized carbons (Fsp3) is 0.0833. The highest BCUT2D eigenvalue weighted by Crippen LogP contribution is 2.25. The molecule has 0 aliphatic carbocycles. The van der Waals surface area contributed by atoms with E-state index in [1.54, 1.807) is 26.0 Å². The van der Waals surface area contributed by atoms with Gasteiger partial charge in [0.1, 0.15) is 11.5 Å². The maximum Gasteiger partial charge on any atom is 0.190 e. The lowest BCUT2D eigenvalue weighted by molar-refractivity contribution is 0.101. The number of carbonyl (C=O) groups excluding carboxylic acids is 2. The molecule has 0 saturated carbocycles. The zero-order valence-corrected chi connectivity index (χ0v) is 19.1. The summed E-state index contributed by atoms with van der Waals surface area (Å²) in [6, 6.07) is 15.2. The minimum atomic E-state index is -0.261. The highest BCUT2D eigenvalue weighted by Gasteiger charge is 2.23. The molecule has 1 aromatic heterocycles. The Bertz CT molecular complexity index is 1010. The molecule has 0 fully saturated rings. The third-order valence-electron chi connectivity index (χ3n) is 4.35. The molecule has 0 aliphatic rings. The third kappa shape index (κ3) is 5.31. The molecule has 0 aliphatic heterocycles. The average molecular weight is 514 g/mol. The second-order valence-electron chi connectivity index (χ2n) is 6.46. The highest BCUT2D eigenvalue weighted by molar-refractivity contribution is 9.10. The van der Waals surface area contributed by atoms with Gasteiger partial charge in [-0.05, 0) is 61.4 Å².